The van der Waals surface area contributed by atoms with Gasteiger partial charge < -0.3 is 4.74 Å². The highest BCUT2D eigenvalue weighted by atomic mass is 32.1. The van der Waals surface area contributed by atoms with Gasteiger partial charge in [-0.2, -0.15) is 0 Å². The molecule has 1 amide bonds. The van der Waals surface area contributed by atoms with Gasteiger partial charge in [-0.25, -0.2) is 0 Å². The number of benzene rings is 2. The van der Waals surface area contributed by atoms with Crippen LogP contribution in [0.3, 0.4) is 0 Å². The molecule has 0 radical (unpaired) electrons. The van der Waals surface area contributed by atoms with Crippen LogP contribution in [0.2, 0.25) is 0 Å². The summed E-state index contributed by atoms with van der Waals surface area (Å²) in [6.07, 6.45) is 6.57. The molecule has 0 saturated heterocycles. The van der Waals surface area contributed by atoms with E-state index in [0.29, 0.717) is 35.4 Å². The molecule has 0 atom stereocenters. The van der Waals surface area contributed by atoms with Gasteiger partial charge in [0.05, 0.1) is 0 Å². The quantitative estimate of drug-likeness (QED) is 0.341. The number of nitrogens with one attached hydrogen (secondary N) is 1. The van der Waals surface area contributed by atoms with E-state index in [9.17, 15) is 9.59 Å². The van der Waals surface area contributed by atoms with Crippen LogP contribution in [0.4, 0.5) is 5.13 Å². The number of hydrogen-bond donors (Lipinski definition) is 1. The Balaban J connectivity index is 1.23. The van der Waals surface area contributed by atoms with Crippen molar-refractivity contribution >= 4 is 28.3 Å². The molecule has 0 spiro atoms. The van der Waals surface area contributed by atoms with E-state index in [0.717, 1.165) is 37.1 Å². The number of carbonyl (C=O) groups excluding carboxylic acids is 2. The molecule has 0 bridgehead atoms. The summed E-state index contributed by atoms with van der Waals surface area (Å²) in [6, 6.07) is 18.0. The zero-order chi connectivity index (χ0) is 25.5. The first-order valence-electron chi connectivity index (χ1n) is 12.7. The highest BCUT2D eigenvalue weighted by Crippen LogP contribution is 2.37. The molecule has 1 fully saturated rings. The number of rotatable bonds is 8. The smallest absolute Gasteiger partial charge is 0.306 e. The van der Waals surface area contributed by atoms with Crippen molar-refractivity contribution in [3.05, 3.63) is 76.3 Å². The number of ether oxygens (including phenoxy) is 1. The van der Waals surface area contributed by atoms with Gasteiger partial charge in [-0.3, -0.25) is 14.9 Å². The Morgan fingerprint density at radius 2 is 1.67 bits per heavy atom. The SMILES string of the molecule is CC(C)(C)OC(=O)CC[C@H]1CC[C@H](c2ccc(C(=O)Nc3nnc(Cc4ccccc4)s3)cc2)CC1. The van der Waals surface area contributed by atoms with Crippen LogP contribution in [0.5, 0.6) is 0 Å². The third-order valence-corrected chi connectivity index (χ3v) is 7.39. The molecule has 190 valence electrons. The van der Waals surface area contributed by atoms with E-state index in [1.165, 1.54) is 22.5 Å². The van der Waals surface area contributed by atoms with E-state index < -0.39 is 5.60 Å². The van der Waals surface area contributed by atoms with Gasteiger partial charge in [0.15, 0.2) is 0 Å². The monoisotopic (exact) mass is 505 g/mol. The fraction of sp³-hybridized carbons (Fsp3) is 0.448. The van der Waals surface area contributed by atoms with Crippen molar-refractivity contribution in [2.45, 2.75) is 77.2 Å². The second-order valence-electron chi connectivity index (χ2n) is 10.6. The molecule has 1 aliphatic carbocycles. The topological polar surface area (TPSA) is 81.2 Å². The lowest BCUT2D eigenvalue weighted by Crippen LogP contribution is -2.24. The number of anilines is 1. The molecule has 7 heteroatoms. The van der Waals surface area contributed by atoms with Crippen molar-refractivity contribution in [3.63, 3.8) is 0 Å². The van der Waals surface area contributed by atoms with Crippen LogP contribution in [0.15, 0.2) is 54.6 Å². The molecule has 1 aliphatic rings. The molecule has 0 aliphatic heterocycles. The zero-order valence-corrected chi connectivity index (χ0v) is 22.1. The van der Waals surface area contributed by atoms with E-state index in [4.69, 9.17) is 4.74 Å². The summed E-state index contributed by atoms with van der Waals surface area (Å²) < 4.78 is 5.43. The predicted molar refractivity (Wildman–Crippen MR) is 143 cm³/mol. The Kier molecular flexibility index (Phi) is 8.52. The summed E-state index contributed by atoms with van der Waals surface area (Å²) in [5.74, 6) is 0.815. The highest BCUT2D eigenvalue weighted by molar-refractivity contribution is 7.15. The summed E-state index contributed by atoms with van der Waals surface area (Å²) in [5, 5.41) is 12.6. The molecule has 1 saturated carbocycles. The largest absolute Gasteiger partial charge is 0.460 e. The minimum absolute atomic E-state index is 0.0977. The van der Waals surface area contributed by atoms with Crippen LogP contribution in [-0.2, 0) is 16.0 Å². The van der Waals surface area contributed by atoms with E-state index in [1.807, 2.05) is 51.1 Å². The van der Waals surface area contributed by atoms with Crippen molar-refractivity contribution in [1.82, 2.24) is 10.2 Å². The third-order valence-electron chi connectivity index (χ3n) is 6.55. The Morgan fingerprint density at radius 1 is 0.972 bits per heavy atom. The number of nitrogens with zero attached hydrogens (tertiary/aromatic N) is 2. The number of amides is 1. The summed E-state index contributed by atoms with van der Waals surface area (Å²) in [7, 11) is 0. The van der Waals surface area contributed by atoms with Crippen molar-refractivity contribution in [3.8, 4) is 0 Å². The fourth-order valence-electron chi connectivity index (χ4n) is 4.72. The van der Waals surface area contributed by atoms with Crippen molar-refractivity contribution < 1.29 is 14.3 Å². The molecule has 1 heterocycles. The fourth-order valence-corrected chi connectivity index (χ4v) is 5.49. The summed E-state index contributed by atoms with van der Waals surface area (Å²) in [4.78, 5) is 24.7. The lowest BCUT2D eigenvalue weighted by atomic mass is 9.77. The molecule has 36 heavy (non-hydrogen) atoms. The normalized spacial score (nSPS) is 18.0. The maximum Gasteiger partial charge on any atom is 0.306 e. The zero-order valence-electron chi connectivity index (χ0n) is 21.3. The Morgan fingerprint density at radius 3 is 2.33 bits per heavy atom. The maximum atomic E-state index is 12.7. The van der Waals surface area contributed by atoms with E-state index in [2.05, 4.69) is 39.8 Å². The van der Waals surface area contributed by atoms with Gasteiger partial charge in [-0.15, -0.1) is 10.2 Å². The van der Waals surface area contributed by atoms with Crippen LogP contribution >= 0.6 is 11.3 Å². The third kappa shape index (κ3) is 7.72. The average Bonchev–Trinajstić information content (AvgIpc) is 3.29. The van der Waals surface area contributed by atoms with Gasteiger partial charge in [0.2, 0.25) is 5.13 Å². The second kappa shape index (κ2) is 11.8. The van der Waals surface area contributed by atoms with Crippen LogP contribution < -0.4 is 5.32 Å². The Hall–Kier alpha value is -3.06. The first kappa shape index (κ1) is 26.0. The first-order valence-corrected chi connectivity index (χ1v) is 13.6. The van der Waals surface area contributed by atoms with Crippen LogP contribution in [0.25, 0.3) is 0 Å². The number of esters is 1. The van der Waals surface area contributed by atoms with E-state index in [-0.39, 0.29) is 11.9 Å². The van der Waals surface area contributed by atoms with E-state index >= 15 is 0 Å². The summed E-state index contributed by atoms with van der Waals surface area (Å²) in [6.45, 7) is 5.72. The number of aromatic nitrogens is 2. The molecular weight excluding hydrogens is 470 g/mol. The summed E-state index contributed by atoms with van der Waals surface area (Å²) in [5.41, 5.74) is 2.64. The van der Waals surface area contributed by atoms with Crippen molar-refractivity contribution in [2.24, 2.45) is 5.92 Å². The Bertz CT molecular complexity index is 1140. The minimum atomic E-state index is -0.416. The Labute approximate surface area is 217 Å². The van der Waals surface area contributed by atoms with Gasteiger partial charge in [0.1, 0.15) is 10.6 Å². The van der Waals surface area contributed by atoms with E-state index in [1.54, 1.807) is 0 Å². The molecule has 1 N–H and O–H groups in total. The molecule has 1 aromatic heterocycles. The predicted octanol–water partition coefficient (Wildman–Crippen LogP) is 6.78. The van der Waals surface area contributed by atoms with Crippen LogP contribution in [-0.4, -0.2) is 27.7 Å². The molecule has 0 unspecified atom stereocenters. The van der Waals surface area contributed by atoms with Gasteiger partial charge in [0.25, 0.3) is 5.91 Å². The van der Waals surface area contributed by atoms with Crippen LogP contribution in [0, 0.1) is 5.92 Å². The summed E-state index contributed by atoms with van der Waals surface area (Å²) >= 11 is 1.40. The van der Waals surface area contributed by atoms with Crippen LogP contribution in [0.1, 0.15) is 91.7 Å². The van der Waals surface area contributed by atoms with Gasteiger partial charge in [-0.1, -0.05) is 53.8 Å². The van der Waals surface area contributed by atoms with Gasteiger partial charge in [0, 0.05) is 18.4 Å². The molecule has 6 nitrogen and oxygen atoms in total. The minimum Gasteiger partial charge on any atom is -0.460 e. The molecular formula is C29H35N3O3S. The lowest BCUT2D eigenvalue weighted by molar-refractivity contribution is -0.155. The standard InChI is InChI=1S/C29H35N3O3S/c1-29(2,3)35-26(33)18-11-20-9-12-22(13-10-20)23-14-16-24(17-15-23)27(34)30-28-32-31-25(36-28)19-21-7-5-4-6-8-21/h4-8,14-17,20,22H,9-13,18-19H2,1-3H3,(H,30,32,34)/t20-,22-. The van der Waals surface area contributed by atoms with Crippen molar-refractivity contribution in [1.29, 1.82) is 0 Å². The van der Waals surface area contributed by atoms with Gasteiger partial charge in [-0.05, 0) is 88.0 Å². The molecule has 4 rings (SSSR count). The first-order chi connectivity index (χ1) is 17.2. The number of carbonyl (C=O) groups is 2. The molecule has 3 aromatic rings. The average molecular weight is 506 g/mol. The highest BCUT2D eigenvalue weighted by Gasteiger charge is 2.24. The number of hydrogen-bond acceptors (Lipinski definition) is 6. The maximum absolute atomic E-state index is 12.7. The second-order valence-corrected chi connectivity index (χ2v) is 11.6. The lowest BCUT2D eigenvalue weighted by Gasteiger charge is -2.29. The van der Waals surface area contributed by atoms with Gasteiger partial charge >= 0.3 is 5.97 Å². The van der Waals surface area contributed by atoms with Crippen molar-refractivity contribution in [2.75, 3.05) is 5.32 Å². The molecule has 2 aromatic carbocycles.